The van der Waals surface area contributed by atoms with Crippen LogP contribution >= 0.6 is 11.3 Å². The summed E-state index contributed by atoms with van der Waals surface area (Å²) in [6.07, 6.45) is 7.12. The first-order valence-electron chi connectivity index (χ1n) is 7.93. The highest BCUT2D eigenvalue weighted by molar-refractivity contribution is 7.16. The van der Waals surface area contributed by atoms with E-state index in [9.17, 15) is 4.79 Å². The lowest BCUT2D eigenvalue weighted by molar-refractivity contribution is 0.0987. The quantitative estimate of drug-likeness (QED) is 0.646. The highest BCUT2D eigenvalue weighted by Crippen LogP contribution is 2.35. The highest BCUT2D eigenvalue weighted by atomic mass is 32.1. The van der Waals surface area contributed by atoms with Crippen molar-refractivity contribution in [1.29, 1.82) is 0 Å². The normalized spacial score (nSPS) is 11.5. The Balaban J connectivity index is 2.27. The van der Waals surface area contributed by atoms with Gasteiger partial charge in [-0.25, -0.2) is 0 Å². The molecule has 3 aromatic rings. The average Bonchev–Trinajstić information content (AvgIpc) is 3.26. The number of fused-ring (bicyclic) bond motifs is 1. The molecule has 0 N–H and O–H groups in total. The van der Waals surface area contributed by atoms with E-state index in [0.717, 1.165) is 10.2 Å². The van der Waals surface area contributed by atoms with E-state index < -0.39 is 0 Å². The Bertz CT molecular complexity index is 1070. The largest absolute Gasteiger partial charge is 0.495 e. The third-order valence-corrected chi connectivity index (χ3v) is 4.97. The Morgan fingerprint density at radius 2 is 2.04 bits per heavy atom. The Hall–Kier alpha value is -3.05. The zero-order valence-corrected chi connectivity index (χ0v) is 15.5. The number of hydrogen-bond donors (Lipinski definition) is 0. The van der Waals surface area contributed by atoms with Gasteiger partial charge in [0.2, 0.25) is 0 Å². The fourth-order valence-electron chi connectivity index (χ4n) is 2.69. The molecule has 0 bridgehead atoms. The predicted molar refractivity (Wildman–Crippen MR) is 99.5 cm³/mol. The lowest BCUT2D eigenvalue weighted by atomic mass is 10.3. The summed E-state index contributed by atoms with van der Waals surface area (Å²) in [5.41, 5.74) is 1.18. The summed E-state index contributed by atoms with van der Waals surface area (Å²) in [7, 11) is 3.18. The maximum Gasteiger partial charge on any atom is 0.297 e. The van der Waals surface area contributed by atoms with E-state index in [0.29, 0.717) is 28.5 Å². The van der Waals surface area contributed by atoms with Crippen molar-refractivity contribution in [2.45, 2.75) is 20.0 Å². The minimum Gasteiger partial charge on any atom is -0.495 e. The summed E-state index contributed by atoms with van der Waals surface area (Å²) in [6, 6.07) is 5.27. The summed E-state index contributed by atoms with van der Waals surface area (Å²) in [4.78, 5) is 17.4. The lowest BCUT2D eigenvalue weighted by Crippen LogP contribution is -2.18. The molecule has 1 amide bonds. The molecule has 0 aliphatic carbocycles. The van der Waals surface area contributed by atoms with Gasteiger partial charge in [0.1, 0.15) is 27.4 Å². The molecule has 2 heterocycles. The number of benzene rings is 1. The van der Waals surface area contributed by atoms with Crippen LogP contribution in [0.15, 0.2) is 29.4 Å². The van der Waals surface area contributed by atoms with Crippen molar-refractivity contribution in [1.82, 2.24) is 14.3 Å². The third-order valence-electron chi connectivity index (χ3n) is 3.87. The summed E-state index contributed by atoms with van der Waals surface area (Å²) < 4.78 is 15.1. The molecule has 0 aliphatic rings. The van der Waals surface area contributed by atoms with E-state index in [1.165, 1.54) is 11.3 Å². The van der Waals surface area contributed by atoms with Crippen molar-refractivity contribution in [2.75, 3.05) is 14.2 Å². The summed E-state index contributed by atoms with van der Waals surface area (Å²) in [5.74, 6) is 3.54. The number of carbonyl (C=O) groups is 1. The van der Waals surface area contributed by atoms with Crippen LogP contribution in [0, 0.1) is 12.3 Å². The van der Waals surface area contributed by atoms with E-state index in [1.807, 2.05) is 13.0 Å². The van der Waals surface area contributed by atoms with Crippen molar-refractivity contribution in [2.24, 2.45) is 4.99 Å². The van der Waals surface area contributed by atoms with Gasteiger partial charge in [0.25, 0.3) is 5.91 Å². The van der Waals surface area contributed by atoms with Crippen LogP contribution in [0.25, 0.3) is 10.2 Å². The number of methoxy groups -OCH3 is 2. The monoisotopic (exact) mass is 370 g/mol. The first kappa shape index (κ1) is 17.8. The molecular formula is C18H18N4O3S. The summed E-state index contributed by atoms with van der Waals surface area (Å²) in [5, 5.41) is 4.11. The molecule has 8 heteroatoms. The van der Waals surface area contributed by atoms with Crippen LogP contribution in [0.2, 0.25) is 0 Å². The molecule has 7 nitrogen and oxygen atoms in total. The molecule has 0 saturated carbocycles. The van der Waals surface area contributed by atoms with Gasteiger partial charge in [0, 0.05) is 12.7 Å². The van der Waals surface area contributed by atoms with Crippen molar-refractivity contribution < 1.29 is 14.3 Å². The molecule has 134 valence electrons. The van der Waals surface area contributed by atoms with Crippen LogP contribution in [0.5, 0.6) is 11.5 Å². The second-order valence-electron chi connectivity index (χ2n) is 5.27. The van der Waals surface area contributed by atoms with E-state index >= 15 is 0 Å². The Labute approximate surface area is 154 Å². The molecular weight excluding hydrogens is 352 g/mol. The van der Waals surface area contributed by atoms with Crippen LogP contribution in [0.1, 0.15) is 17.4 Å². The van der Waals surface area contributed by atoms with Gasteiger partial charge in [-0.2, -0.15) is 10.1 Å². The SMILES string of the molecule is C#CCn1c(=NC(=O)c2ccnn2CC)sc2c(OC)ccc(OC)c21. The number of carbonyl (C=O) groups excluding carboxylic acids is 1. The van der Waals surface area contributed by atoms with Crippen molar-refractivity contribution in [3.05, 3.63) is 34.9 Å². The number of amides is 1. The molecule has 0 aliphatic heterocycles. The summed E-state index contributed by atoms with van der Waals surface area (Å²) in [6.45, 7) is 2.75. The fraction of sp³-hybridized carbons (Fsp3) is 0.278. The van der Waals surface area contributed by atoms with Gasteiger partial charge in [-0.05, 0) is 25.1 Å². The van der Waals surface area contributed by atoms with E-state index in [4.69, 9.17) is 15.9 Å². The van der Waals surface area contributed by atoms with Crippen molar-refractivity contribution >= 4 is 27.5 Å². The first-order chi connectivity index (χ1) is 12.6. The number of aromatic nitrogens is 3. The van der Waals surface area contributed by atoms with E-state index in [1.54, 1.807) is 41.8 Å². The van der Waals surface area contributed by atoms with Crippen LogP contribution in [-0.2, 0) is 13.1 Å². The maximum atomic E-state index is 12.6. The maximum absolute atomic E-state index is 12.6. The minimum absolute atomic E-state index is 0.253. The van der Waals surface area contributed by atoms with Crippen molar-refractivity contribution in [3.8, 4) is 23.8 Å². The molecule has 26 heavy (non-hydrogen) atoms. The first-order valence-corrected chi connectivity index (χ1v) is 8.74. The molecule has 0 atom stereocenters. The van der Waals surface area contributed by atoms with Crippen LogP contribution < -0.4 is 14.3 Å². The minimum atomic E-state index is -0.375. The van der Waals surface area contributed by atoms with Gasteiger partial charge in [0.15, 0.2) is 4.80 Å². The van der Waals surface area contributed by atoms with Crippen LogP contribution in [-0.4, -0.2) is 34.5 Å². The van der Waals surface area contributed by atoms with Gasteiger partial charge < -0.3 is 14.0 Å². The number of hydrogen-bond acceptors (Lipinski definition) is 5. The number of thiazole rings is 1. The number of nitrogens with zero attached hydrogens (tertiary/aromatic N) is 4. The van der Waals surface area contributed by atoms with Gasteiger partial charge in [-0.3, -0.25) is 9.48 Å². The molecule has 3 rings (SSSR count). The molecule has 0 fully saturated rings. The highest BCUT2D eigenvalue weighted by Gasteiger charge is 2.17. The smallest absolute Gasteiger partial charge is 0.297 e. The van der Waals surface area contributed by atoms with Gasteiger partial charge in [-0.1, -0.05) is 17.3 Å². The standard InChI is InChI=1S/C18H18N4O3S/c1-5-11-21-15-13(24-3)7-8-14(25-4)16(15)26-18(21)20-17(23)12-9-10-19-22(12)6-2/h1,7-10H,6,11H2,2-4H3. The topological polar surface area (TPSA) is 70.6 Å². The molecule has 1 aromatic carbocycles. The zero-order valence-electron chi connectivity index (χ0n) is 14.7. The Kier molecular flexibility index (Phi) is 5.09. The van der Waals surface area contributed by atoms with Gasteiger partial charge in [-0.15, -0.1) is 6.42 Å². The molecule has 2 aromatic heterocycles. The second-order valence-corrected chi connectivity index (χ2v) is 6.25. The van der Waals surface area contributed by atoms with Gasteiger partial charge >= 0.3 is 0 Å². The number of terminal acetylenes is 1. The van der Waals surface area contributed by atoms with Gasteiger partial charge in [0.05, 0.1) is 20.8 Å². The average molecular weight is 370 g/mol. The number of rotatable bonds is 5. The Morgan fingerprint density at radius 1 is 1.31 bits per heavy atom. The predicted octanol–water partition coefficient (Wildman–Crippen LogP) is 2.31. The Morgan fingerprint density at radius 3 is 2.69 bits per heavy atom. The van der Waals surface area contributed by atoms with E-state index in [-0.39, 0.29) is 12.5 Å². The molecule has 0 unspecified atom stereocenters. The van der Waals surface area contributed by atoms with E-state index in [2.05, 4.69) is 16.0 Å². The third kappa shape index (κ3) is 2.97. The lowest BCUT2D eigenvalue weighted by Gasteiger charge is -2.08. The van der Waals surface area contributed by atoms with Crippen LogP contribution in [0.3, 0.4) is 0 Å². The molecule has 0 radical (unpaired) electrons. The van der Waals surface area contributed by atoms with Crippen molar-refractivity contribution in [3.63, 3.8) is 0 Å². The molecule has 0 saturated heterocycles. The molecule has 0 spiro atoms. The number of aryl methyl sites for hydroxylation is 1. The number of ether oxygens (including phenoxy) is 2. The summed E-state index contributed by atoms with van der Waals surface area (Å²) >= 11 is 1.33. The van der Waals surface area contributed by atoms with Crippen LogP contribution in [0.4, 0.5) is 0 Å². The zero-order chi connectivity index (χ0) is 18.7. The fourth-order valence-corrected chi connectivity index (χ4v) is 3.82. The second kappa shape index (κ2) is 7.45.